The standard InChI is InChI=1S/C22H15N3O2/c26-21-18-11-6-12-23-20(18)19-13-16-9-4-5-10-17(16)22(27)25(19)24(21)14-15-7-2-1-3-8-15/h1-13H,14H2. The first-order chi connectivity index (χ1) is 13.2. The number of benzene rings is 2. The number of aromatic nitrogens is 3. The molecule has 5 heteroatoms. The predicted octanol–water partition coefficient (Wildman–Crippen LogP) is 3.21. The van der Waals surface area contributed by atoms with Gasteiger partial charge >= 0.3 is 0 Å². The van der Waals surface area contributed by atoms with E-state index in [-0.39, 0.29) is 11.1 Å². The van der Waals surface area contributed by atoms with Crippen molar-refractivity contribution in [1.29, 1.82) is 0 Å². The van der Waals surface area contributed by atoms with Gasteiger partial charge in [-0.2, -0.15) is 0 Å². The van der Waals surface area contributed by atoms with E-state index in [4.69, 9.17) is 0 Å². The van der Waals surface area contributed by atoms with Gasteiger partial charge in [0, 0.05) is 11.6 Å². The normalized spacial score (nSPS) is 11.4. The Labute approximate surface area is 153 Å². The minimum absolute atomic E-state index is 0.219. The van der Waals surface area contributed by atoms with Gasteiger partial charge in [-0.1, -0.05) is 48.5 Å². The number of hydrogen-bond acceptors (Lipinski definition) is 3. The molecule has 0 aliphatic heterocycles. The fourth-order valence-corrected chi connectivity index (χ4v) is 3.57. The van der Waals surface area contributed by atoms with Crippen LogP contribution in [0.1, 0.15) is 5.56 Å². The highest BCUT2D eigenvalue weighted by Crippen LogP contribution is 2.18. The van der Waals surface area contributed by atoms with Crippen LogP contribution in [0, 0.1) is 0 Å². The van der Waals surface area contributed by atoms with E-state index >= 15 is 0 Å². The maximum Gasteiger partial charge on any atom is 0.277 e. The molecule has 0 fully saturated rings. The van der Waals surface area contributed by atoms with Gasteiger partial charge in [0.15, 0.2) is 0 Å². The van der Waals surface area contributed by atoms with Crippen LogP contribution < -0.4 is 11.1 Å². The van der Waals surface area contributed by atoms with Crippen LogP contribution in [0.15, 0.2) is 88.6 Å². The van der Waals surface area contributed by atoms with E-state index in [0.29, 0.717) is 28.4 Å². The number of rotatable bonds is 2. The SMILES string of the molecule is O=c1c2cccnc2c2cc3ccccc3c(=O)n2n1Cc1ccccc1. The second-order valence-corrected chi connectivity index (χ2v) is 6.48. The molecule has 3 aromatic heterocycles. The number of hydrogen-bond donors (Lipinski definition) is 0. The second-order valence-electron chi connectivity index (χ2n) is 6.48. The number of nitrogens with zero attached hydrogens (tertiary/aromatic N) is 3. The van der Waals surface area contributed by atoms with E-state index in [1.807, 2.05) is 54.6 Å². The van der Waals surface area contributed by atoms with Crippen molar-refractivity contribution >= 4 is 27.2 Å². The van der Waals surface area contributed by atoms with Crippen molar-refractivity contribution in [3.8, 4) is 0 Å². The Morgan fingerprint density at radius 1 is 0.778 bits per heavy atom. The second kappa shape index (κ2) is 5.92. The van der Waals surface area contributed by atoms with Crippen LogP contribution in [-0.2, 0) is 6.54 Å². The molecule has 0 aliphatic carbocycles. The topological polar surface area (TPSA) is 56.4 Å². The molecule has 0 atom stereocenters. The van der Waals surface area contributed by atoms with E-state index < -0.39 is 0 Å². The zero-order valence-electron chi connectivity index (χ0n) is 14.4. The molecule has 130 valence electrons. The van der Waals surface area contributed by atoms with E-state index in [0.717, 1.165) is 10.9 Å². The Morgan fingerprint density at radius 2 is 1.52 bits per heavy atom. The van der Waals surface area contributed by atoms with Gasteiger partial charge in [0.05, 0.1) is 17.4 Å². The first-order valence-corrected chi connectivity index (χ1v) is 8.70. The maximum atomic E-state index is 13.3. The summed E-state index contributed by atoms with van der Waals surface area (Å²) in [7, 11) is 0. The molecule has 5 rings (SSSR count). The summed E-state index contributed by atoms with van der Waals surface area (Å²) in [6.07, 6.45) is 1.64. The minimum Gasteiger partial charge on any atom is -0.267 e. The third-order valence-corrected chi connectivity index (χ3v) is 4.84. The molecule has 0 N–H and O–H groups in total. The van der Waals surface area contributed by atoms with Gasteiger partial charge in [0.2, 0.25) is 0 Å². The van der Waals surface area contributed by atoms with Gasteiger partial charge in [-0.25, -0.2) is 9.20 Å². The molecule has 0 aliphatic rings. The molecule has 5 aromatic rings. The lowest BCUT2D eigenvalue weighted by Crippen LogP contribution is -2.34. The van der Waals surface area contributed by atoms with Crippen molar-refractivity contribution in [2.24, 2.45) is 0 Å². The van der Waals surface area contributed by atoms with Crippen molar-refractivity contribution in [1.82, 2.24) is 14.2 Å². The Bertz CT molecular complexity index is 1430. The van der Waals surface area contributed by atoms with E-state index in [1.165, 1.54) is 9.20 Å². The van der Waals surface area contributed by atoms with Crippen LogP contribution in [0.3, 0.4) is 0 Å². The van der Waals surface area contributed by atoms with Crippen LogP contribution in [-0.4, -0.2) is 14.2 Å². The smallest absolute Gasteiger partial charge is 0.267 e. The average Bonchev–Trinajstić information content (AvgIpc) is 2.72. The number of pyridine rings is 2. The molecular formula is C22H15N3O2. The van der Waals surface area contributed by atoms with Crippen molar-refractivity contribution in [3.05, 3.63) is 105 Å². The van der Waals surface area contributed by atoms with Gasteiger partial charge in [-0.3, -0.25) is 14.6 Å². The predicted molar refractivity (Wildman–Crippen MR) is 106 cm³/mol. The van der Waals surface area contributed by atoms with Crippen molar-refractivity contribution in [2.45, 2.75) is 6.54 Å². The zero-order chi connectivity index (χ0) is 18.4. The van der Waals surface area contributed by atoms with Gasteiger partial charge in [0.25, 0.3) is 11.1 Å². The monoisotopic (exact) mass is 353 g/mol. The van der Waals surface area contributed by atoms with Crippen molar-refractivity contribution in [3.63, 3.8) is 0 Å². The lowest BCUT2D eigenvalue weighted by atomic mass is 10.1. The van der Waals surface area contributed by atoms with E-state index in [9.17, 15) is 9.59 Å². The molecule has 0 spiro atoms. The summed E-state index contributed by atoms with van der Waals surface area (Å²) in [5.41, 5.74) is 1.67. The first-order valence-electron chi connectivity index (χ1n) is 8.70. The number of fused-ring (bicyclic) bond motifs is 4. The van der Waals surface area contributed by atoms with Crippen molar-refractivity contribution < 1.29 is 0 Å². The van der Waals surface area contributed by atoms with E-state index in [1.54, 1.807) is 24.4 Å². The summed E-state index contributed by atoms with van der Waals surface area (Å²) in [5, 5.41) is 1.91. The Morgan fingerprint density at radius 3 is 2.37 bits per heavy atom. The largest absolute Gasteiger partial charge is 0.277 e. The quantitative estimate of drug-likeness (QED) is 0.362. The molecule has 27 heavy (non-hydrogen) atoms. The zero-order valence-corrected chi connectivity index (χ0v) is 14.4. The molecule has 0 unspecified atom stereocenters. The molecule has 0 saturated carbocycles. The molecule has 0 bridgehead atoms. The first kappa shape index (κ1) is 15.5. The molecular weight excluding hydrogens is 338 g/mol. The van der Waals surface area contributed by atoms with Crippen LogP contribution in [0.2, 0.25) is 0 Å². The summed E-state index contributed by atoms with van der Waals surface area (Å²) < 4.78 is 2.97. The third kappa shape index (κ3) is 2.36. The van der Waals surface area contributed by atoms with Gasteiger partial charge in [0.1, 0.15) is 5.52 Å². The van der Waals surface area contributed by atoms with Gasteiger partial charge in [-0.05, 0) is 35.2 Å². The molecule has 5 nitrogen and oxygen atoms in total. The minimum atomic E-state index is -0.230. The summed E-state index contributed by atoms with van der Waals surface area (Å²) >= 11 is 0. The summed E-state index contributed by atoms with van der Waals surface area (Å²) in [5.74, 6) is 0. The summed E-state index contributed by atoms with van der Waals surface area (Å²) in [6, 6.07) is 22.5. The highest BCUT2D eigenvalue weighted by molar-refractivity contribution is 5.96. The highest BCUT2D eigenvalue weighted by Gasteiger charge is 2.15. The Balaban J connectivity index is 2.00. The maximum absolute atomic E-state index is 13.3. The molecule has 0 radical (unpaired) electrons. The van der Waals surface area contributed by atoms with Crippen LogP contribution in [0.25, 0.3) is 27.2 Å². The van der Waals surface area contributed by atoms with E-state index in [2.05, 4.69) is 4.98 Å². The molecule has 0 amide bonds. The summed E-state index contributed by atoms with van der Waals surface area (Å²) in [4.78, 5) is 30.9. The lowest BCUT2D eigenvalue weighted by Gasteiger charge is -2.15. The fraction of sp³-hybridized carbons (Fsp3) is 0.0455. The fourth-order valence-electron chi connectivity index (χ4n) is 3.57. The third-order valence-electron chi connectivity index (χ3n) is 4.84. The van der Waals surface area contributed by atoms with Crippen LogP contribution in [0.5, 0.6) is 0 Å². The van der Waals surface area contributed by atoms with Gasteiger partial charge in [-0.15, -0.1) is 0 Å². The molecule has 2 aromatic carbocycles. The van der Waals surface area contributed by atoms with Crippen molar-refractivity contribution in [2.75, 3.05) is 0 Å². The molecule has 0 saturated heterocycles. The average molecular weight is 353 g/mol. The highest BCUT2D eigenvalue weighted by atomic mass is 16.2. The lowest BCUT2D eigenvalue weighted by molar-refractivity contribution is 0.594. The van der Waals surface area contributed by atoms with Crippen LogP contribution >= 0.6 is 0 Å². The van der Waals surface area contributed by atoms with Gasteiger partial charge < -0.3 is 0 Å². The van der Waals surface area contributed by atoms with Crippen LogP contribution in [0.4, 0.5) is 0 Å². The Hall–Kier alpha value is -3.73. The Kier molecular flexibility index (Phi) is 3.40. The summed E-state index contributed by atoms with van der Waals surface area (Å²) in [6.45, 7) is 0.305. The molecule has 3 heterocycles.